The van der Waals surface area contributed by atoms with E-state index in [1.165, 1.54) is 23.5 Å². The molecule has 29 heavy (non-hydrogen) atoms. The molecule has 2 aromatic rings. The molecule has 9 heteroatoms. The predicted octanol–water partition coefficient (Wildman–Crippen LogP) is 3.74. The number of halogens is 1. The van der Waals surface area contributed by atoms with Crippen molar-refractivity contribution in [3.8, 4) is 5.75 Å². The molecule has 0 aliphatic rings. The van der Waals surface area contributed by atoms with Crippen LogP contribution in [0, 0.1) is 6.92 Å². The lowest BCUT2D eigenvalue weighted by atomic mass is 10.2. The zero-order valence-electron chi connectivity index (χ0n) is 17.0. The van der Waals surface area contributed by atoms with E-state index in [0.717, 1.165) is 5.56 Å². The van der Waals surface area contributed by atoms with E-state index < -0.39 is 10.0 Å². The van der Waals surface area contributed by atoms with Crippen molar-refractivity contribution in [2.45, 2.75) is 25.7 Å². The van der Waals surface area contributed by atoms with Gasteiger partial charge in [-0.1, -0.05) is 31.5 Å². The molecule has 0 radical (unpaired) electrons. The van der Waals surface area contributed by atoms with Gasteiger partial charge in [0.25, 0.3) is 0 Å². The molecule has 1 amide bonds. The summed E-state index contributed by atoms with van der Waals surface area (Å²) in [6.45, 7) is 6.05. The van der Waals surface area contributed by atoms with E-state index in [9.17, 15) is 13.2 Å². The zero-order chi connectivity index (χ0) is 21.6. The Labute approximate surface area is 177 Å². The number of nitrogens with one attached hydrogen (secondary N) is 2. The first kappa shape index (κ1) is 23.0. The van der Waals surface area contributed by atoms with E-state index in [0.29, 0.717) is 35.2 Å². The van der Waals surface area contributed by atoms with Crippen LogP contribution in [0.1, 0.15) is 19.4 Å². The number of ether oxygens (including phenoxy) is 1. The summed E-state index contributed by atoms with van der Waals surface area (Å²) in [4.78, 5) is 12.5. The second-order valence-electron chi connectivity index (χ2n) is 6.27. The predicted molar refractivity (Wildman–Crippen MR) is 116 cm³/mol. The van der Waals surface area contributed by atoms with Crippen molar-refractivity contribution in [1.29, 1.82) is 0 Å². The van der Waals surface area contributed by atoms with Crippen molar-refractivity contribution in [2.24, 2.45) is 0 Å². The minimum atomic E-state index is -3.62. The first-order valence-corrected chi connectivity index (χ1v) is 11.0. The average molecular weight is 440 g/mol. The highest BCUT2D eigenvalue weighted by Gasteiger charge is 2.23. The fourth-order valence-electron chi connectivity index (χ4n) is 2.81. The fraction of sp³-hybridized carbons (Fsp3) is 0.350. The first-order chi connectivity index (χ1) is 13.7. The van der Waals surface area contributed by atoms with Crippen LogP contribution in [0.3, 0.4) is 0 Å². The van der Waals surface area contributed by atoms with Gasteiger partial charge in [-0.2, -0.15) is 4.31 Å². The number of hydrogen-bond acceptors (Lipinski definition) is 5. The highest BCUT2D eigenvalue weighted by Crippen LogP contribution is 2.29. The lowest BCUT2D eigenvalue weighted by molar-refractivity contribution is -0.114. The highest BCUT2D eigenvalue weighted by atomic mass is 35.5. The summed E-state index contributed by atoms with van der Waals surface area (Å²) in [6.07, 6.45) is 0. The minimum Gasteiger partial charge on any atom is -0.495 e. The van der Waals surface area contributed by atoms with Gasteiger partial charge in [-0.3, -0.25) is 4.79 Å². The average Bonchev–Trinajstić information content (AvgIpc) is 2.70. The van der Waals surface area contributed by atoms with E-state index in [-0.39, 0.29) is 17.3 Å². The van der Waals surface area contributed by atoms with Gasteiger partial charge in [-0.15, -0.1) is 0 Å². The summed E-state index contributed by atoms with van der Waals surface area (Å²) in [5, 5.41) is 6.30. The molecule has 2 rings (SSSR count). The summed E-state index contributed by atoms with van der Waals surface area (Å²) in [5.41, 5.74) is 1.81. The van der Waals surface area contributed by atoms with Crippen LogP contribution in [0.2, 0.25) is 5.02 Å². The molecular formula is C20H26ClN3O4S. The van der Waals surface area contributed by atoms with Gasteiger partial charge in [0, 0.05) is 23.8 Å². The number of carbonyl (C=O) groups excluding carboxylic acids is 1. The quantitative estimate of drug-likeness (QED) is 0.621. The molecule has 7 nitrogen and oxygen atoms in total. The van der Waals surface area contributed by atoms with Gasteiger partial charge in [0.15, 0.2) is 0 Å². The number of sulfonamides is 1. The maximum atomic E-state index is 12.8. The van der Waals surface area contributed by atoms with Crippen LogP contribution >= 0.6 is 11.6 Å². The molecule has 0 spiro atoms. The van der Waals surface area contributed by atoms with E-state index in [4.69, 9.17) is 16.3 Å². The van der Waals surface area contributed by atoms with Crippen LogP contribution in [-0.2, 0) is 14.8 Å². The van der Waals surface area contributed by atoms with Gasteiger partial charge in [0.1, 0.15) is 5.75 Å². The number of hydrogen-bond donors (Lipinski definition) is 2. The Morgan fingerprint density at radius 1 is 1.14 bits per heavy atom. The number of benzene rings is 2. The summed E-state index contributed by atoms with van der Waals surface area (Å²) >= 11 is 6.08. The number of methoxy groups -OCH3 is 1. The van der Waals surface area contributed by atoms with Gasteiger partial charge in [0.2, 0.25) is 15.9 Å². The number of nitrogens with zero attached hydrogens (tertiary/aromatic N) is 1. The topological polar surface area (TPSA) is 87.7 Å². The maximum absolute atomic E-state index is 12.8. The lowest BCUT2D eigenvalue weighted by Crippen LogP contribution is -2.30. The van der Waals surface area contributed by atoms with Crippen molar-refractivity contribution >= 4 is 38.9 Å². The second kappa shape index (κ2) is 9.96. The zero-order valence-corrected chi connectivity index (χ0v) is 18.5. The number of anilines is 2. The summed E-state index contributed by atoms with van der Waals surface area (Å²) in [6, 6.07) is 9.80. The van der Waals surface area contributed by atoms with E-state index in [1.807, 2.05) is 6.92 Å². The molecule has 0 aliphatic heterocycles. The van der Waals surface area contributed by atoms with Crippen molar-refractivity contribution < 1.29 is 17.9 Å². The molecule has 0 bridgehead atoms. The van der Waals surface area contributed by atoms with E-state index in [1.54, 1.807) is 38.1 Å². The summed E-state index contributed by atoms with van der Waals surface area (Å²) in [5.74, 6) is 0.143. The van der Waals surface area contributed by atoms with Crippen molar-refractivity contribution in [2.75, 3.05) is 37.4 Å². The number of carbonyl (C=O) groups is 1. The Hall–Kier alpha value is -2.29. The Balaban J connectivity index is 2.19. The Morgan fingerprint density at radius 3 is 2.45 bits per heavy atom. The molecule has 0 saturated heterocycles. The molecule has 0 unspecified atom stereocenters. The molecule has 2 N–H and O–H groups in total. The molecule has 0 fully saturated rings. The van der Waals surface area contributed by atoms with Gasteiger partial charge >= 0.3 is 0 Å². The molecule has 0 aromatic heterocycles. The maximum Gasteiger partial charge on any atom is 0.243 e. The van der Waals surface area contributed by atoms with Gasteiger partial charge in [-0.25, -0.2) is 8.42 Å². The molecule has 0 saturated carbocycles. The van der Waals surface area contributed by atoms with Gasteiger partial charge < -0.3 is 15.4 Å². The lowest BCUT2D eigenvalue weighted by Gasteiger charge is -2.20. The SMILES string of the molecule is CCN(CC)S(=O)(=O)c1ccc(OC)c(NCC(=O)Nc2cccc(Cl)c2C)c1. The molecule has 0 aliphatic carbocycles. The second-order valence-corrected chi connectivity index (χ2v) is 8.61. The molecule has 0 heterocycles. The Morgan fingerprint density at radius 2 is 1.83 bits per heavy atom. The smallest absolute Gasteiger partial charge is 0.243 e. The Bertz CT molecular complexity index is 976. The van der Waals surface area contributed by atoms with Crippen molar-refractivity contribution in [1.82, 2.24) is 4.31 Å². The first-order valence-electron chi connectivity index (χ1n) is 9.21. The molecule has 0 atom stereocenters. The number of rotatable bonds is 9. The van der Waals surface area contributed by atoms with E-state index >= 15 is 0 Å². The standard InChI is InChI=1S/C20H26ClN3O4S/c1-5-24(6-2)29(26,27)15-10-11-19(28-4)18(12-15)22-13-20(25)23-17-9-7-8-16(21)14(17)3/h7-12,22H,5-6,13H2,1-4H3,(H,23,25). The van der Waals surface area contributed by atoms with Crippen LogP contribution < -0.4 is 15.4 Å². The summed E-state index contributed by atoms with van der Waals surface area (Å²) < 4.78 is 32.2. The fourth-order valence-corrected chi connectivity index (χ4v) is 4.47. The van der Waals surface area contributed by atoms with Crippen molar-refractivity contribution in [3.05, 3.63) is 47.0 Å². The Kier molecular flexibility index (Phi) is 7.89. The minimum absolute atomic E-state index is 0.0723. The van der Waals surface area contributed by atoms with Gasteiger partial charge in [0.05, 0.1) is 24.2 Å². The van der Waals surface area contributed by atoms with Crippen LogP contribution in [0.15, 0.2) is 41.3 Å². The molecule has 2 aromatic carbocycles. The van der Waals surface area contributed by atoms with Crippen LogP contribution in [0.25, 0.3) is 0 Å². The van der Waals surface area contributed by atoms with Gasteiger partial charge in [-0.05, 0) is 42.8 Å². The third-order valence-corrected chi connectivity index (χ3v) is 6.95. The third kappa shape index (κ3) is 5.41. The van der Waals surface area contributed by atoms with Crippen LogP contribution in [0.4, 0.5) is 11.4 Å². The number of amides is 1. The van der Waals surface area contributed by atoms with E-state index in [2.05, 4.69) is 10.6 Å². The normalized spacial score (nSPS) is 11.4. The largest absolute Gasteiger partial charge is 0.495 e. The molecule has 158 valence electrons. The van der Waals surface area contributed by atoms with Crippen LogP contribution in [0.5, 0.6) is 5.75 Å². The van der Waals surface area contributed by atoms with Crippen molar-refractivity contribution in [3.63, 3.8) is 0 Å². The summed E-state index contributed by atoms with van der Waals surface area (Å²) in [7, 11) is -2.14. The highest BCUT2D eigenvalue weighted by molar-refractivity contribution is 7.89. The monoisotopic (exact) mass is 439 g/mol. The van der Waals surface area contributed by atoms with Crippen LogP contribution in [-0.4, -0.2) is 45.4 Å². The third-order valence-electron chi connectivity index (χ3n) is 4.50. The molecular weight excluding hydrogens is 414 g/mol.